The highest BCUT2D eigenvalue weighted by Crippen LogP contribution is 2.30. The third-order valence-corrected chi connectivity index (χ3v) is 3.70. The first-order chi connectivity index (χ1) is 9.00. The fourth-order valence-corrected chi connectivity index (χ4v) is 2.69. The van der Waals surface area contributed by atoms with E-state index in [0.29, 0.717) is 11.3 Å². The van der Waals surface area contributed by atoms with E-state index < -0.39 is 10.8 Å². The molecule has 2 N–H and O–H groups in total. The van der Waals surface area contributed by atoms with E-state index in [1.54, 1.807) is 25.1 Å². The Labute approximate surface area is 117 Å². The van der Waals surface area contributed by atoms with Crippen molar-refractivity contribution in [2.45, 2.75) is 12.8 Å². The number of rotatable bonds is 4. The Kier molecular flexibility index (Phi) is 3.84. The van der Waals surface area contributed by atoms with Crippen LogP contribution >= 0.6 is 15.9 Å². The largest absolute Gasteiger partial charge is 0.302 e. The average Bonchev–Trinajstić information content (AvgIpc) is 2.67. The van der Waals surface area contributed by atoms with Crippen molar-refractivity contribution >= 4 is 15.9 Å². The molecule has 2 aromatic rings. The summed E-state index contributed by atoms with van der Waals surface area (Å²) >= 11 is 3.38. The van der Waals surface area contributed by atoms with Gasteiger partial charge >= 0.3 is 0 Å². The molecule has 0 radical (unpaired) electrons. The summed E-state index contributed by atoms with van der Waals surface area (Å²) in [4.78, 5) is 22.3. The maximum absolute atomic E-state index is 11.8. The van der Waals surface area contributed by atoms with Crippen molar-refractivity contribution in [3.8, 4) is 0 Å². The van der Waals surface area contributed by atoms with Gasteiger partial charge < -0.3 is 5.10 Å². The summed E-state index contributed by atoms with van der Waals surface area (Å²) in [7, 11) is 0. The third-order valence-electron chi connectivity index (χ3n) is 2.97. The van der Waals surface area contributed by atoms with Gasteiger partial charge in [-0.15, -0.1) is 0 Å². The van der Waals surface area contributed by atoms with Crippen LogP contribution in [-0.4, -0.2) is 21.7 Å². The van der Waals surface area contributed by atoms with Crippen molar-refractivity contribution in [1.82, 2.24) is 10.2 Å². The van der Waals surface area contributed by atoms with Crippen LogP contribution in [0, 0.1) is 17.0 Å². The topological polar surface area (TPSA) is 91.8 Å². The first-order valence-electron chi connectivity index (χ1n) is 5.64. The van der Waals surface area contributed by atoms with E-state index in [0.717, 1.165) is 10.0 Å². The predicted molar refractivity (Wildman–Crippen MR) is 74.0 cm³/mol. The lowest BCUT2D eigenvalue weighted by Crippen LogP contribution is -2.20. The first kappa shape index (κ1) is 13.5. The lowest BCUT2D eigenvalue weighted by atomic mass is 9.91. The average molecular weight is 326 g/mol. The number of aromatic nitrogens is 2. The predicted octanol–water partition coefficient (Wildman–Crippen LogP) is 2.18. The lowest BCUT2D eigenvalue weighted by molar-refractivity contribution is -0.481. The Hall–Kier alpha value is -1.89. The van der Waals surface area contributed by atoms with Gasteiger partial charge in [0.2, 0.25) is 6.54 Å². The molecule has 6 nitrogen and oxygen atoms in total. The van der Waals surface area contributed by atoms with Crippen molar-refractivity contribution < 1.29 is 4.92 Å². The highest BCUT2D eigenvalue weighted by Gasteiger charge is 2.27. The third kappa shape index (κ3) is 2.76. The molecule has 0 aliphatic heterocycles. The van der Waals surface area contributed by atoms with Crippen molar-refractivity contribution in [2.75, 3.05) is 6.54 Å². The van der Waals surface area contributed by atoms with E-state index in [2.05, 4.69) is 26.1 Å². The number of hydrogen-bond acceptors (Lipinski definition) is 3. The Bertz CT molecular complexity index is 662. The smallest absolute Gasteiger partial charge is 0.268 e. The van der Waals surface area contributed by atoms with Gasteiger partial charge in [-0.3, -0.25) is 20.0 Å². The number of benzene rings is 1. The van der Waals surface area contributed by atoms with Crippen LogP contribution in [0.25, 0.3) is 0 Å². The van der Waals surface area contributed by atoms with Crippen molar-refractivity contribution in [3.63, 3.8) is 0 Å². The second-order valence-corrected chi connectivity index (χ2v) is 5.06. The Balaban J connectivity index is 2.57. The number of hydrogen-bond donors (Lipinski definition) is 2. The molecule has 2 rings (SSSR count). The number of nitrogens with zero attached hydrogens (tertiary/aromatic N) is 1. The van der Waals surface area contributed by atoms with Crippen LogP contribution in [0.2, 0.25) is 0 Å². The number of aromatic amines is 2. The minimum absolute atomic E-state index is 0.319. The molecule has 0 aliphatic rings. The summed E-state index contributed by atoms with van der Waals surface area (Å²) in [6, 6.07) is 7.21. The maximum Gasteiger partial charge on any atom is 0.268 e. The summed E-state index contributed by atoms with van der Waals surface area (Å²) in [5, 5.41) is 16.0. The van der Waals surface area contributed by atoms with Gasteiger partial charge in [0.05, 0.1) is 11.5 Å². The molecular formula is C12H12BrN3O3. The minimum atomic E-state index is -0.583. The monoisotopic (exact) mass is 325 g/mol. The first-order valence-corrected chi connectivity index (χ1v) is 6.43. The van der Waals surface area contributed by atoms with Gasteiger partial charge in [-0.2, -0.15) is 0 Å². The molecular weight excluding hydrogens is 314 g/mol. The highest BCUT2D eigenvalue weighted by molar-refractivity contribution is 9.10. The zero-order valence-corrected chi connectivity index (χ0v) is 11.7. The van der Waals surface area contributed by atoms with Crippen LogP contribution in [0.1, 0.15) is 22.7 Å². The van der Waals surface area contributed by atoms with Gasteiger partial charge in [-0.25, -0.2) is 0 Å². The van der Waals surface area contributed by atoms with Crippen LogP contribution in [-0.2, 0) is 0 Å². The Morgan fingerprint density at radius 1 is 1.37 bits per heavy atom. The van der Waals surface area contributed by atoms with Gasteiger partial charge in [-0.1, -0.05) is 34.1 Å². The standard InChI is InChI=1S/C12H12BrN3O3/c1-7-11(12(17)15-14-7)9(6-16(18)19)8-4-2-3-5-10(8)13/h2-5,9H,6H2,1H3,(H2,14,15,17). The summed E-state index contributed by atoms with van der Waals surface area (Å²) in [6.45, 7) is 1.39. The summed E-state index contributed by atoms with van der Waals surface area (Å²) in [5.41, 5.74) is 1.43. The summed E-state index contributed by atoms with van der Waals surface area (Å²) < 4.78 is 0.752. The maximum atomic E-state index is 11.8. The molecule has 0 spiro atoms. The van der Waals surface area contributed by atoms with Crippen LogP contribution in [0.4, 0.5) is 0 Å². The normalized spacial score (nSPS) is 12.3. The zero-order chi connectivity index (χ0) is 14.0. The summed E-state index contributed by atoms with van der Waals surface area (Å²) in [6.07, 6.45) is 0. The van der Waals surface area contributed by atoms with Gasteiger partial charge in [0.25, 0.3) is 5.56 Å². The molecule has 0 aliphatic carbocycles. The lowest BCUT2D eigenvalue weighted by Gasteiger charge is -2.13. The van der Waals surface area contributed by atoms with Crippen LogP contribution in [0.5, 0.6) is 0 Å². The molecule has 0 fully saturated rings. The SMILES string of the molecule is Cc1[nH][nH]c(=O)c1C(C[N+](=O)[O-])c1ccccc1Br. The quantitative estimate of drug-likeness (QED) is 0.666. The second-order valence-electron chi connectivity index (χ2n) is 4.21. The molecule has 0 amide bonds. The van der Waals surface area contributed by atoms with Gasteiger partial charge in [0.15, 0.2) is 0 Å². The molecule has 1 aromatic heterocycles. The highest BCUT2D eigenvalue weighted by atomic mass is 79.9. The molecule has 0 saturated heterocycles. The molecule has 1 heterocycles. The van der Waals surface area contributed by atoms with E-state index in [9.17, 15) is 14.9 Å². The molecule has 7 heteroatoms. The number of halogens is 1. The molecule has 0 saturated carbocycles. The Morgan fingerprint density at radius 2 is 2.05 bits per heavy atom. The zero-order valence-electron chi connectivity index (χ0n) is 10.1. The van der Waals surface area contributed by atoms with E-state index in [1.807, 2.05) is 6.07 Å². The number of aryl methyl sites for hydroxylation is 1. The second kappa shape index (κ2) is 5.40. The van der Waals surface area contributed by atoms with E-state index in [-0.39, 0.29) is 12.1 Å². The fourth-order valence-electron chi connectivity index (χ4n) is 2.13. The number of H-pyrrole nitrogens is 2. The van der Waals surface area contributed by atoms with Gasteiger partial charge in [0, 0.05) is 15.1 Å². The Morgan fingerprint density at radius 3 is 2.58 bits per heavy atom. The van der Waals surface area contributed by atoms with E-state index in [4.69, 9.17) is 0 Å². The van der Waals surface area contributed by atoms with Gasteiger partial charge in [0.1, 0.15) is 0 Å². The minimum Gasteiger partial charge on any atom is -0.302 e. The van der Waals surface area contributed by atoms with Crippen LogP contribution in [0.3, 0.4) is 0 Å². The fraction of sp³-hybridized carbons (Fsp3) is 0.250. The molecule has 1 aromatic carbocycles. The van der Waals surface area contributed by atoms with E-state index in [1.165, 1.54) is 0 Å². The van der Waals surface area contributed by atoms with Crippen molar-refractivity contribution in [2.24, 2.45) is 0 Å². The van der Waals surface area contributed by atoms with Crippen LogP contribution < -0.4 is 5.56 Å². The molecule has 19 heavy (non-hydrogen) atoms. The van der Waals surface area contributed by atoms with Crippen LogP contribution in [0.15, 0.2) is 33.5 Å². The van der Waals surface area contributed by atoms with E-state index >= 15 is 0 Å². The van der Waals surface area contributed by atoms with Crippen molar-refractivity contribution in [3.05, 3.63) is 66.0 Å². The number of nitro groups is 1. The molecule has 0 bridgehead atoms. The molecule has 100 valence electrons. The van der Waals surface area contributed by atoms with Gasteiger partial charge in [-0.05, 0) is 18.6 Å². The van der Waals surface area contributed by atoms with Crippen molar-refractivity contribution in [1.29, 1.82) is 0 Å². The number of nitrogens with one attached hydrogen (secondary N) is 2. The molecule has 1 atom stereocenters. The molecule has 1 unspecified atom stereocenters. The summed E-state index contributed by atoms with van der Waals surface area (Å²) in [5.74, 6) is -0.583.